The maximum atomic E-state index is 13.5. The second-order valence-corrected chi connectivity index (χ2v) is 10.4. The van der Waals surface area contributed by atoms with E-state index in [1.807, 2.05) is 24.3 Å². The van der Waals surface area contributed by atoms with Gasteiger partial charge in [-0.1, -0.05) is 32.9 Å². The normalized spacial score (nSPS) is 13.0. The topological polar surface area (TPSA) is 113 Å². The Morgan fingerprint density at radius 2 is 1.31 bits per heavy atom. The number of nitrogens with one attached hydrogen (secondary N) is 1. The number of ketones is 2. The van der Waals surface area contributed by atoms with Gasteiger partial charge in [0.2, 0.25) is 11.6 Å². The van der Waals surface area contributed by atoms with Crippen molar-refractivity contribution in [2.24, 2.45) is 0 Å². The van der Waals surface area contributed by atoms with Crippen molar-refractivity contribution in [2.45, 2.75) is 26.2 Å². The molecule has 5 N–H and O–H groups in total. The van der Waals surface area contributed by atoms with Crippen molar-refractivity contribution in [3.05, 3.63) is 73.2 Å². The number of phenols is 2. The maximum Gasteiger partial charge on any atom is 0.200 e. The van der Waals surface area contributed by atoms with Crippen molar-refractivity contribution in [2.75, 3.05) is 11.1 Å². The third kappa shape index (κ3) is 3.47. The smallest absolute Gasteiger partial charge is 0.200 e. The van der Waals surface area contributed by atoms with Crippen LogP contribution in [0.2, 0.25) is 0 Å². The molecule has 164 valence electrons. The molecular weight excluding hydrogens is 540 g/mol. The molecule has 1 aliphatic carbocycles. The SMILES string of the molecule is CC(C)(C)c1ccc(Nc2cc(Br)c(O)c3c2C(=O)c2c(O)c(Br)cc(N)c2C3=O)cc1. The van der Waals surface area contributed by atoms with E-state index in [2.05, 4.69) is 57.9 Å². The number of fused-ring (bicyclic) bond motifs is 2. The number of hydrogen-bond donors (Lipinski definition) is 4. The first-order valence-electron chi connectivity index (χ1n) is 9.75. The highest BCUT2D eigenvalue weighted by Gasteiger charge is 2.39. The van der Waals surface area contributed by atoms with E-state index in [0.717, 1.165) is 5.56 Å². The average Bonchev–Trinajstić information content (AvgIpc) is 2.71. The van der Waals surface area contributed by atoms with Crippen LogP contribution >= 0.6 is 31.9 Å². The van der Waals surface area contributed by atoms with Crippen molar-refractivity contribution in [3.63, 3.8) is 0 Å². The van der Waals surface area contributed by atoms with Crippen LogP contribution in [0.25, 0.3) is 0 Å². The fourth-order valence-electron chi connectivity index (χ4n) is 3.78. The molecule has 0 unspecified atom stereocenters. The number of nitrogen functional groups attached to an aromatic ring is 1. The molecule has 8 heteroatoms. The number of aromatic hydroxyl groups is 2. The third-order valence-electron chi connectivity index (χ3n) is 5.48. The van der Waals surface area contributed by atoms with Gasteiger partial charge in [-0.15, -0.1) is 0 Å². The molecule has 0 atom stereocenters. The minimum absolute atomic E-state index is 0.0177. The van der Waals surface area contributed by atoms with Crippen molar-refractivity contribution in [1.82, 2.24) is 0 Å². The summed E-state index contributed by atoms with van der Waals surface area (Å²) in [4.78, 5) is 26.8. The first-order chi connectivity index (χ1) is 14.9. The molecule has 4 rings (SSSR count). The molecule has 32 heavy (non-hydrogen) atoms. The van der Waals surface area contributed by atoms with Crippen molar-refractivity contribution >= 4 is 60.5 Å². The molecule has 3 aromatic rings. The van der Waals surface area contributed by atoms with Gasteiger partial charge < -0.3 is 21.3 Å². The monoisotopic (exact) mass is 558 g/mol. The lowest BCUT2D eigenvalue weighted by Gasteiger charge is -2.25. The second kappa shape index (κ2) is 7.64. The van der Waals surface area contributed by atoms with Crippen LogP contribution in [0.4, 0.5) is 17.1 Å². The quantitative estimate of drug-likeness (QED) is 0.176. The van der Waals surface area contributed by atoms with Crippen molar-refractivity contribution in [1.29, 1.82) is 0 Å². The number of benzene rings is 3. The van der Waals surface area contributed by atoms with E-state index in [1.165, 1.54) is 12.1 Å². The van der Waals surface area contributed by atoms with Gasteiger partial charge in [-0.3, -0.25) is 9.59 Å². The first kappa shape index (κ1) is 22.4. The van der Waals surface area contributed by atoms with Crippen molar-refractivity contribution in [3.8, 4) is 11.5 Å². The summed E-state index contributed by atoms with van der Waals surface area (Å²) in [6.07, 6.45) is 0. The first-order valence-corrected chi connectivity index (χ1v) is 11.3. The Hall–Kier alpha value is -2.84. The molecule has 0 spiro atoms. The zero-order valence-electron chi connectivity index (χ0n) is 17.5. The molecule has 0 amide bonds. The molecule has 0 aliphatic heterocycles. The fraction of sp³-hybridized carbons (Fsp3) is 0.167. The van der Waals surface area contributed by atoms with Crippen LogP contribution in [0, 0.1) is 0 Å². The molecule has 0 saturated heterocycles. The number of rotatable bonds is 2. The Morgan fingerprint density at radius 3 is 1.88 bits per heavy atom. The van der Waals surface area contributed by atoms with Crippen LogP contribution in [-0.4, -0.2) is 21.8 Å². The molecule has 1 aliphatic rings. The Labute approximate surface area is 201 Å². The molecule has 0 bridgehead atoms. The zero-order chi connectivity index (χ0) is 23.5. The molecule has 0 fully saturated rings. The fourth-order valence-corrected chi connectivity index (χ4v) is 4.65. The van der Waals surface area contributed by atoms with Crippen LogP contribution in [0.15, 0.2) is 45.3 Å². The van der Waals surface area contributed by atoms with Crippen molar-refractivity contribution < 1.29 is 19.8 Å². The molecule has 0 aromatic heterocycles. The molecule has 0 radical (unpaired) electrons. The number of carbonyl (C=O) groups is 2. The van der Waals surface area contributed by atoms with E-state index in [0.29, 0.717) is 11.4 Å². The highest BCUT2D eigenvalue weighted by Crippen LogP contribution is 2.47. The summed E-state index contributed by atoms with van der Waals surface area (Å²) in [5, 5.41) is 24.3. The van der Waals surface area contributed by atoms with E-state index in [-0.39, 0.29) is 53.8 Å². The van der Waals surface area contributed by atoms with E-state index < -0.39 is 11.6 Å². The lowest BCUT2D eigenvalue weighted by Crippen LogP contribution is -2.24. The van der Waals surface area contributed by atoms with Crippen LogP contribution in [-0.2, 0) is 5.41 Å². The number of hydrogen-bond acceptors (Lipinski definition) is 6. The Kier molecular flexibility index (Phi) is 5.33. The number of nitrogens with two attached hydrogens (primary N) is 1. The molecule has 6 nitrogen and oxygen atoms in total. The van der Waals surface area contributed by atoms with Crippen LogP contribution in [0.3, 0.4) is 0 Å². The van der Waals surface area contributed by atoms with Gasteiger partial charge >= 0.3 is 0 Å². The van der Waals surface area contributed by atoms with Gasteiger partial charge in [-0.05, 0) is 67.1 Å². The minimum atomic E-state index is -0.639. The number of anilines is 3. The average molecular weight is 560 g/mol. The summed E-state index contributed by atoms with van der Waals surface area (Å²) in [5.41, 5.74) is 7.64. The molecule has 3 aromatic carbocycles. The third-order valence-corrected chi connectivity index (χ3v) is 6.68. The summed E-state index contributed by atoms with van der Waals surface area (Å²) in [5.74, 6) is -1.99. The zero-order valence-corrected chi connectivity index (χ0v) is 20.7. The standard InChI is InChI=1S/C24H20Br2N2O4/c1-24(2,3)10-4-6-11(7-5-10)28-15-9-13(26)21(30)19-17(15)23(32)18-16(22(19)31)14(27)8-12(25)20(18)29/h4-9,28-30H,27H2,1-3H3. The number of phenolic OH excluding ortho intramolecular Hbond substituents is 2. The molecule has 0 saturated carbocycles. The van der Waals surface area contributed by atoms with Gasteiger partial charge in [0.15, 0.2) is 0 Å². The van der Waals surface area contributed by atoms with E-state index in [4.69, 9.17) is 5.73 Å². The summed E-state index contributed by atoms with van der Waals surface area (Å²) >= 11 is 6.43. The number of halogens is 2. The Balaban J connectivity index is 1.90. The minimum Gasteiger partial charge on any atom is -0.506 e. The maximum absolute atomic E-state index is 13.5. The van der Waals surface area contributed by atoms with Gasteiger partial charge in [0, 0.05) is 11.4 Å². The summed E-state index contributed by atoms with van der Waals surface area (Å²) in [7, 11) is 0. The second-order valence-electron chi connectivity index (χ2n) is 8.66. The molecular formula is C24H20Br2N2O4. The van der Waals surface area contributed by atoms with Crippen LogP contribution < -0.4 is 11.1 Å². The van der Waals surface area contributed by atoms with E-state index in [1.54, 1.807) is 0 Å². The van der Waals surface area contributed by atoms with E-state index in [9.17, 15) is 19.8 Å². The summed E-state index contributed by atoms with van der Waals surface area (Å²) < 4.78 is 0.446. The van der Waals surface area contributed by atoms with Gasteiger partial charge in [0.25, 0.3) is 0 Å². The van der Waals surface area contributed by atoms with Crippen LogP contribution in [0.5, 0.6) is 11.5 Å². The lowest BCUT2D eigenvalue weighted by atomic mass is 9.81. The lowest BCUT2D eigenvalue weighted by molar-refractivity contribution is 0.0975. The molecule has 0 heterocycles. The predicted molar refractivity (Wildman–Crippen MR) is 131 cm³/mol. The highest BCUT2D eigenvalue weighted by atomic mass is 79.9. The van der Waals surface area contributed by atoms with Gasteiger partial charge in [-0.25, -0.2) is 0 Å². The van der Waals surface area contributed by atoms with Gasteiger partial charge in [0.05, 0.1) is 36.9 Å². The number of carbonyl (C=O) groups excluding carboxylic acids is 2. The Bertz CT molecular complexity index is 1310. The highest BCUT2D eigenvalue weighted by molar-refractivity contribution is 9.11. The summed E-state index contributed by atoms with van der Waals surface area (Å²) in [6, 6.07) is 10.6. The predicted octanol–water partition coefficient (Wildman–Crippen LogP) is 6.02. The van der Waals surface area contributed by atoms with Gasteiger partial charge in [0.1, 0.15) is 11.5 Å². The summed E-state index contributed by atoms with van der Waals surface area (Å²) in [6.45, 7) is 6.34. The van der Waals surface area contributed by atoms with E-state index >= 15 is 0 Å². The van der Waals surface area contributed by atoms with Gasteiger partial charge in [-0.2, -0.15) is 0 Å². The van der Waals surface area contributed by atoms with Crippen LogP contribution in [0.1, 0.15) is 58.2 Å². The Morgan fingerprint density at radius 1 is 0.812 bits per heavy atom. The largest absolute Gasteiger partial charge is 0.506 e.